The molecule has 1 amide bonds. The van der Waals surface area contributed by atoms with Gasteiger partial charge in [-0.1, -0.05) is 48.5 Å². The molecule has 23 heavy (non-hydrogen) atoms. The van der Waals surface area contributed by atoms with Crippen LogP contribution < -0.4 is 5.32 Å². The van der Waals surface area contributed by atoms with E-state index < -0.39 is 6.09 Å². The summed E-state index contributed by atoms with van der Waals surface area (Å²) in [5.41, 5.74) is 0.975. The average molecular weight is 330 g/mol. The standard InChI is InChI=1S/C18H22N2O2S/c1-20(2)17(14-23-16-11-7-4-8-12-16)19-18(21)22-13-15-9-5-3-6-10-15/h3-12,17H,13-14H2,1-2H3,(H,19,21)/t17-/m1/s1. The quantitative estimate of drug-likeness (QED) is 0.622. The van der Waals surface area contributed by atoms with Gasteiger partial charge in [0, 0.05) is 10.6 Å². The van der Waals surface area contributed by atoms with Crippen LogP contribution in [0, 0.1) is 0 Å². The molecule has 2 rings (SSSR count). The molecule has 0 fully saturated rings. The number of hydrogen-bond donors (Lipinski definition) is 1. The van der Waals surface area contributed by atoms with Crippen LogP contribution in [-0.4, -0.2) is 37.0 Å². The highest BCUT2D eigenvalue weighted by molar-refractivity contribution is 7.99. The minimum atomic E-state index is -0.402. The summed E-state index contributed by atoms with van der Waals surface area (Å²) in [6.45, 7) is 0.276. The monoisotopic (exact) mass is 330 g/mol. The highest BCUT2D eigenvalue weighted by Crippen LogP contribution is 2.18. The van der Waals surface area contributed by atoms with Crippen molar-refractivity contribution in [3.8, 4) is 0 Å². The van der Waals surface area contributed by atoms with E-state index in [0.717, 1.165) is 11.3 Å². The molecule has 0 saturated heterocycles. The molecule has 0 aliphatic heterocycles. The summed E-state index contributed by atoms with van der Waals surface area (Å²) in [7, 11) is 3.88. The molecule has 0 aliphatic carbocycles. The fraction of sp³-hybridized carbons (Fsp3) is 0.278. The fourth-order valence-corrected chi connectivity index (χ4v) is 2.99. The molecule has 0 aromatic heterocycles. The molecule has 4 nitrogen and oxygen atoms in total. The van der Waals surface area contributed by atoms with Crippen LogP contribution in [0.1, 0.15) is 5.56 Å². The Morgan fingerprint density at radius 3 is 2.30 bits per heavy atom. The van der Waals surface area contributed by atoms with Gasteiger partial charge in [-0.05, 0) is 31.8 Å². The summed E-state index contributed by atoms with van der Waals surface area (Å²) in [5, 5.41) is 2.90. The van der Waals surface area contributed by atoms with Crippen LogP contribution >= 0.6 is 11.8 Å². The molecule has 0 heterocycles. The predicted molar refractivity (Wildman–Crippen MR) is 94.4 cm³/mol. The third-order valence-corrected chi connectivity index (χ3v) is 4.36. The summed E-state index contributed by atoms with van der Waals surface area (Å²) in [5.74, 6) is 0.747. The van der Waals surface area contributed by atoms with Crippen LogP contribution in [0.25, 0.3) is 0 Å². The lowest BCUT2D eigenvalue weighted by Gasteiger charge is -2.24. The highest BCUT2D eigenvalue weighted by Gasteiger charge is 2.15. The minimum Gasteiger partial charge on any atom is -0.445 e. The van der Waals surface area contributed by atoms with E-state index in [4.69, 9.17) is 4.74 Å². The average Bonchev–Trinajstić information content (AvgIpc) is 2.58. The summed E-state index contributed by atoms with van der Waals surface area (Å²) >= 11 is 1.70. The van der Waals surface area contributed by atoms with Crippen LogP contribution in [0.5, 0.6) is 0 Å². The predicted octanol–water partition coefficient (Wildman–Crippen LogP) is 3.59. The number of alkyl carbamates (subject to hydrolysis) is 1. The van der Waals surface area contributed by atoms with Crippen molar-refractivity contribution in [1.29, 1.82) is 0 Å². The van der Waals surface area contributed by atoms with Crippen LogP contribution in [0.2, 0.25) is 0 Å². The van der Waals surface area contributed by atoms with Gasteiger partial charge in [0.25, 0.3) is 0 Å². The molecule has 2 aromatic rings. The Balaban J connectivity index is 1.80. The van der Waals surface area contributed by atoms with Gasteiger partial charge >= 0.3 is 6.09 Å². The molecule has 1 atom stereocenters. The number of amides is 1. The maximum atomic E-state index is 12.0. The van der Waals surface area contributed by atoms with Gasteiger partial charge in [0.1, 0.15) is 6.61 Å². The second-order valence-corrected chi connectivity index (χ2v) is 6.40. The number of nitrogens with one attached hydrogen (secondary N) is 1. The van der Waals surface area contributed by atoms with E-state index in [0.29, 0.717) is 0 Å². The van der Waals surface area contributed by atoms with Gasteiger partial charge < -0.3 is 10.1 Å². The van der Waals surface area contributed by atoms with Gasteiger partial charge in [0.15, 0.2) is 0 Å². The topological polar surface area (TPSA) is 41.6 Å². The summed E-state index contributed by atoms with van der Waals surface area (Å²) in [6, 6.07) is 19.8. The lowest BCUT2D eigenvalue weighted by molar-refractivity contribution is 0.126. The van der Waals surface area contributed by atoms with Crippen molar-refractivity contribution in [2.45, 2.75) is 17.7 Å². The molecule has 0 aliphatic rings. The Bertz CT molecular complexity index is 590. The number of benzene rings is 2. The SMILES string of the molecule is CN(C)[C@H](CSc1ccccc1)NC(=O)OCc1ccccc1. The zero-order chi connectivity index (χ0) is 16.5. The molecule has 0 saturated carbocycles. The van der Waals surface area contributed by atoms with Crippen molar-refractivity contribution in [2.75, 3.05) is 19.8 Å². The first-order valence-electron chi connectivity index (χ1n) is 7.46. The Labute approximate surface area is 141 Å². The third kappa shape index (κ3) is 6.34. The van der Waals surface area contributed by atoms with Crippen molar-refractivity contribution < 1.29 is 9.53 Å². The normalized spacial score (nSPS) is 12.0. The Kier molecular flexibility index (Phi) is 6.97. The largest absolute Gasteiger partial charge is 0.445 e. The van der Waals surface area contributed by atoms with Gasteiger partial charge in [0.05, 0.1) is 6.17 Å². The van der Waals surface area contributed by atoms with Crippen molar-refractivity contribution in [3.63, 3.8) is 0 Å². The summed E-state index contributed by atoms with van der Waals surface area (Å²) in [4.78, 5) is 15.1. The molecule has 0 spiro atoms. The van der Waals surface area contributed by atoms with E-state index in [1.807, 2.05) is 67.5 Å². The maximum absolute atomic E-state index is 12.0. The summed E-state index contributed by atoms with van der Waals surface area (Å²) in [6.07, 6.45) is -0.496. The van der Waals surface area contributed by atoms with E-state index >= 15 is 0 Å². The summed E-state index contributed by atoms with van der Waals surface area (Å²) < 4.78 is 5.27. The van der Waals surface area contributed by atoms with E-state index in [2.05, 4.69) is 17.4 Å². The van der Waals surface area contributed by atoms with Crippen LogP contribution in [0.15, 0.2) is 65.6 Å². The van der Waals surface area contributed by atoms with Crippen molar-refractivity contribution in [2.24, 2.45) is 0 Å². The second kappa shape index (κ2) is 9.22. The zero-order valence-electron chi connectivity index (χ0n) is 13.4. The third-order valence-electron chi connectivity index (χ3n) is 3.27. The molecule has 0 unspecified atom stereocenters. The maximum Gasteiger partial charge on any atom is 0.408 e. The Hall–Kier alpha value is -1.98. The van der Waals surface area contributed by atoms with Crippen LogP contribution in [0.3, 0.4) is 0 Å². The van der Waals surface area contributed by atoms with Gasteiger partial charge in [-0.2, -0.15) is 0 Å². The molecular weight excluding hydrogens is 308 g/mol. The van der Waals surface area contributed by atoms with E-state index in [1.54, 1.807) is 11.8 Å². The van der Waals surface area contributed by atoms with Gasteiger partial charge in [-0.15, -0.1) is 11.8 Å². The van der Waals surface area contributed by atoms with E-state index in [-0.39, 0.29) is 12.8 Å². The lowest BCUT2D eigenvalue weighted by atomic mass is 10.2. The number of carbonyl (C=O) groups excluding carboxylic acids is 1. The van der Waals surface area contributed by atoms with Crippen molar-refractivity contribution in [1.82, 2.24) is 10.2 Å². The fourth-order valence-electron chi connectivity index (χ4n) is 1.91. The number of nitrogens with zero attached hydrogens (tertiary/aromatic N) is 1. The van der Waals surface area contributed by atoms with Crippen molar-refractivity contribution in [3.05, 3.63) is 66.2 Å². The molecule has 2 aromatic carbocycles. The van der Waals surface area contributed by atoms with Gasteiger partial charge in [-0.3, -0.25) is 4.90 Å². The lowest BCUT2D eigenvalue weighted by Crippen LogP contribution is -2.46. The highest BCUT2D eigenvalue weighted by atomic mass is 32.2. The first kappa shape index (κ1) is 17.4. The van der Waals surface area contributed by atoms with E-state index in [1.165, 1.54) is 4.90 Å². The van der Waals surface area contributed by atoms with E-state index in [9.17, 15) is 4.79 Å². The van der Waals surface area contributed by atoms with Gasteiger partial charge in [0.2, 0.25) is 0 Å². The number of ether oxygens (including phenoxy) is 1. The molecule has 5 heteroatoms. The molecular formula is C18H22N2O2S. The number of thioether (sulfide) groups is 1. The molecule has 0 bridgehead atoms. The first-order chi connectivity index (χ1) is 11.1. The van der Waals surface area contributed by atoms with Gasteiger partial charge in [-0.25, -0.2) is 4.79 Å². The zero-order valence-corrected chi connectivity index (χ0v) is 14.3. The molecule has 0 radical (unpaired) electrons. The first-order valence-corrected chi connectivity index (χ1v) is 8.45. The second-order valence-electron chi connectivity index (χ2n) is 5.31. The van der Waals surface area contributed by atoms with Crippen LogP contribution in [-0.2, 0) is 11.3 Å². The molecule has 1 N–H and O–H groups in total. The number of carbonyl (C=O) groups is 1. The smallest absolute Gasteiger partial charge is 0.408 e. The number of hydrogen-bond acceptors (Lipinski definition) is 4. The van der Waals surface area contributed by atoms with Crippen molar-refractivity contribution >= 4 is 17.9 Å². The number of rotatable bonds is 7. The Morgan fingerprint density at radius 1 is 1.09 bits per heavy atom. The van der Waals surface area contributed by atoms with Crippen LogP contribution in [0.4, 0.5) is 4.79 Å². The Morgan fingerprint density at radius 2 is 1.70 bits per heavy atom. The minimum absolute atomic E-state index is 0.0940. The molecule has 122 valence electrons.